The largest absolute Gasteiger partial charge is 0.436 e. The van der Waals surface area contributed by atoms with Crippen LogP contribution in [0.15, 0.2) is 36.5 Å². The third-order valence-corrected chi connectivity index (χ3v) is 2.59. The van der Waals surface area contributed by atoms with Gasteiger partial charge in [0.15, 0.2) is 11.6 Å². The third-order valence-electron chi connectivity index (χ3n) is 2.28. The SMILES string of the molecule is Cc1cc(CCl)cnc1Oc1ccccc1F. The van der Waals surface area contributed by atoms with Gasteiger partial charge in [0, 0.05) is 17.6 Å². The van der Waals surface area contributed by atoms with Gasteiger partial charge >= 0.3 is 0 Å². The molecule has 0 spiro atoms. The van der Waals surface area contributed by atoms with E-state index in [2.05, 4.69) is 4.98 Å². The second-order valence-electron chi connectivity index (χ2n) is 3.63. The number of pyridine rings is 1. The van der Waals surface area contributed by atoms with E-state index in [1.807, 2.05) is 13.0 Å². The van der Waals surface area contributed by atoms with Gasteiger partial charge in [0.05, 0.1) is 0 Å². The predicted molar refractivity (Wildman–Crippen MR) is 65.0 cm³/mol. The molecule has 0 bridgehead atoms. The van der Waals surface area contributed by atoms with E-state index in [0.717, 1.165) is 11.1 Å². The Morgan fingerprint density at radius 3 is 2.76 bits per heavy atom. The van der Waals surface area contributed by atoms with Crippen molar-refractivity contribution in [3.63, 3.8) is 0 Å². The Kier molecular flexibility index (Phi) is 3.59. The number of ether oxygens (including phenoxy) is 1. The number of rotatable bonds is 3. The minimum atomic E-state index is -0.407. The molecule has 0 unspecified atom stereocenters. The summed E-state index contributed by atoms with van der Waals surface area (Å²) in [7, 11) is 0. The Bertz CT molecular complexity index is 531. The lowest BCUT2D eigenvalue weighted by Gasteiger charge is -2.08. The van der Waals surface area contributed by atoms with Crippen LogP contribution in [0.4, 0.5) is 4.39 Å². The first kappa shape index (κ1) is 11.9. The van der Waals surface area contributed by atoms with Gasteiger partial charge in [-0.05, 0) is 30.7 Å². The predicted octanol–water partition coefficient (Wildman–Crippen LogP) is 4.06. The molecule has 1 aromatic heterocycles. The third kappa shape index (κ3) is 2.74. The van der Waals surface area contributed by atoms with E-state index < -0.39 is 5.82 Å². The first-order valence-electron chi connectivity index (χ1n) is 5.14. The van der Waals surface area contributed by atoms with Crippen molar-refractivity contribution in [1.29, 1.82) is 0 Å². The van der Waals surface area contributed by atoms with Crippen LogP contribution in [-0.4, -0.2) is 4.98 Å². The zero-order chi connectivity index (χ0) is 12.3. The molecule has 0 aliphatic heterocycles. The number of hydrogen-bond acceptors (Lipinski definition) is 2. The molecule has 2 nitrogen and oxygen atoms in total. The van der Waals surface area contributed by atoms with Crippen LogP contribution in [0.2, 0.25) is 0 Å². The molecule has 88 valence electrons. The number of halogens is 2. The maximum absolute atomic E-state index is 13.4. The van der Waals surface area contributed by atoms with Crippen molar-refractivity contribution in [3.8, 4) is 11.6 Å². The summed E-state index contributed by atoms with van der Waals surface area (Å²) in [4.78, 5) is 4.11. The highest BCUT2D eigenvalue weighted by Crippen LogP contribution is 2.25. The zero-order valence-corrected chi connectivity index (χ0v) is 10.0. The van der Waals surface area contributed by atoms with Gasteiger partial charge in [-0.2, -0.15) is 0 Å². The zero-order valence-electron chi connectivity index (χ0n) is 9.28. The fraction of sp³-hybridized carbons (Fsp3) is 0.154. The van der Waals surface area contributed by atoms with E-state index in [1.54, 1.807) is 24.4 Å². The highest BCUT2D eigenvalue weighted by molar-refractivity contribution is 6.17. The molecule has 0 aliphatic rings. The fourth-order valence-electron chi connectivity index (χ4n) is 1.43. The second kappa shape index (κ2) is 5.15. The van der Waals surface area contributed by atoms with Crippen molar-refractivity contribution in [2.24, 2.45) is 0 Å². The maximum Gasteiger partial charge on any atom is 0.222 e. The summed E-state index contributed by atoms with van der Waals surface area (Å²) < 4.78 is 18.8. The molecule has 0 aliphatic carbocycles. The van der Waals surface area contributed by atoms with Gasteiger partial charge in [0.1, 0.15) is 0 Å². The maximum atomic E-state index is 13.4. The molecular weight excluding hydrogens is 241 g/mol. The summed E-state index contributed by atoms with van der Waals surface area (Å²) in [5, 5.41) is 0. The summed E-state index contributed by atoms with van der Waals surface area (Å²) in [6, 6.07) is 8.10. The summed E-state index contributed by atoms with van der Waals surface area (Å²) in [5.41, 5.74) is 1.73. The number of aryl methyl sites for hydroxylation is 1. The molecule has 1 heterocycles. The van der Waals surface area contributed by atoms with Crippen LogP contribution in [0.3, 0.4) is 0 Å². The van der Waals surface area contributed by atoms with E-state index >= 15 is 0 Å². The minimum absolute atomic E-state index is 0.168. The van der Waals surface area contributed by atoms with Crippen LogP contribution in [0.1, 0.15) is 11.1 Å². The second-order valence-corrected chi connectivity index (χ2v) is 3.90. The molecule has 0 saturated carbocycles. The van der Waals surface area contributed by atoms with Crippen LogP contribution < -0.4 is 4.74 Å². The molecular formula is C13H11ClFNO. The molecule has 0 atom stereocenters. The Morgan fingerprint density at radius 2 is 2.12 bits per heavy atom. The van der Waals surface area contributed by atoms with Crippen molar-refractivity contribution in [1.82, 2.24) is 4.98 Å². The molecule has 2 aromatic rings. The molecule has 0 N–H and O–H groups in total. The molecule has 4 heteroatoms. The van der Waals surface area contributed by atoms with E-state index in [0.29, 0.717) is 11.8 Å². The van der Waals surface area contributed by atoms with Gasteiger partial charge in [0.25, 0.3) is 0 Å². The van der Waals surface area contributed by atoms with E-state index in [-0.39, 0.29) is 5.75 Å². The number of nitrogens with zero attached hydrogens (tertiary/aromatic N) is 1. The summed E-state index contributed by atoms with van der Waals surface area (Å²) in [6.45, 7) is 1.85. The highest BCUT2D eigenvalue weighted by atomic mass is 35.5. The van der Waals surface area contributed by atoms with Gasteiger partial charge in [-0.1, -0.05) is 12.1 Å². The van der Waals surface area contributed by atoms with Gasteiger partial charge in [0.2, 0.25) is 5.88 Å². The monoisotopic (exact) mass is 251 g/mol. The Morgan fingerprint density at radius 1 is 1.35 bits per heavy atom. The molecule has 0 amide bonds. The van der Waals surface area contributed by atoms with Crippen molar-refractivity contribution >= 4 is 11.6 Å². The van der Waals surface area contributed by atoms with E-state index in [9.17, 15) is 4.39 Å². The summed E-state index contributed by atoms with van der Waals surface area (Å²) in [5.74, 6) is 0.550. The van der Waals surface area contributed by atoms with Crippen molar-refractivity contribution < 1.29 is 9.13 Å². The Balaban J connectivity index is 2.28. The van der Waals surface area contributed by atoms with Crippen LogP contribution in [0.25, 0.3) is 0 Å². The molecule has 17 heavy (non-hydrogen) atoms. The quantitative estimate of drug-likeness (QED) is 0.768. The first-order valence-corrected chi connectivity index (χ1v) is 5.68. The smallest absolute Gasteiger partial charge is 0.222 e. The fourth-order valence-corrected chi connectivity index (χ4v) is 1.58. The average molecular weight is 252 g/mol. The van der Waals surface area contributed by atoms with Gasteiger partial charge in [-0.15, -0.1) is 11.6 Å². The van der Waals surface area contributed by atoms with Gasteiger partial charge in [-0.3, -0.25) is 0 Å². The lowest BCUT2D eigenvalue weighted by molar-refractivity contribution is 0.424. The average Bonchev–Trinajstić information content (AvgIpc) is 2.34. The van der Waals surface area contributed by atoms with Crippen molar-refractivity contribution in [3.05, 3.63) is 53.5 Å². The highest BCUT2D eigenvalue weighted by Gasteiger charge is 2.07. The summed E-state index contributed by atoms with van der Waals surface area (Å²) >= 11 is 5.70. The standard InChI is InChI=1S/C13H11ClFNO/c1-9-6-10(7-14)8-16-13(9)17-12-5-3-2-4-11(12)15/h2-6,8H,7H2,1H3. The van der Waals surface area contributed by atoms with Crippen LogP contribution in [-0.2, 0) is 5.88 Å². The van der Waals surface area contributed by atoms with Crippen LogP contribution in [0, 0.1) is 12.7 Å². The molecule has 2 rings (SSSR count). The normalized spacial score (nSPS) is 10.3. The van der Waals surface area contributed by atoms with E-state index in [4.69, 9.17) is 16.3 Å². The van der Waals surface area contributed by atoms with Crippen molar-refractivity contribution in [2.45, 2.75) is 12.8 Å². The van der Waals surface area contributed by atoms with Crippen LogP contribution in [0.5, 0.6) is 11.6 Å². The summed E-state index contributed by atoms with van der Waals surface area (Å²) in [6.07, 6.45) is 1.62. The van der Waals surface area contributed by atoms with Gasteiger partial charge in [-0.25, -0.2) is 9.37 Å². The first-order chi connectivity index (χ1) is 8.20. The number of hydrogen-bond donors (Lipinski definition) is 0. The van der Waals surface area contributed by atoms with Gasteiger partial charge < -0.3 is 4.74 Å². The Labute approximate surface area is 104 Å². The number of aromatic nitrogens is 1. The lowest BCUT2D eigenvalue weighted by Crippen LogP contribution is -1.94. The number of benzene rings is 1. The number of para-hydroxylation sites is 1. The molecule has 0 fully saturated rings. The number of alkyl halides is 1. The topological polar surface area (TPSA) is 22.1 Å². The van der Waals surface area contributed by atoms with Crippen molar-refractivity contribution in [2.75, 3.05) is 0 Å². The lowest BCUT2D eigenvalue weighted by atomic mass is 10.2. The van der Waals surface area contributed by atoms with Crippen LogP contribution >= 0.6 is 11.6 Å². The Hall–Kier alpha value is -1.61. The minimum Gasteiger partial charge on any atom is -0.436 e. The molecule has 0 saturated heterocycles. The molecule has 0 radical (unpaired) electrons. The molecule has 1 aromatic carbocycles. The van der Waals surface area contributed by atoms with E-state index in [1.165, 1.54) is 6.07 Å².